The molecule has 1 aromatic carbocycles. The topological polar surface area (TPSA) is 176 Å². The van der Waals surface area contributed by atoms with Gasteiger partial charge in [0.05, 0.1) is 24.8 Å². The van der Waals surface area contributed by atoms with Gasteiger partial charge in [-0.25, -0.2) is 4.68 Å². The Morgan fingerprint density at radius 2 is 2.00 bits per heavy atom. The van der Waals surface area contributed by atoms with E-state index in [0.717, 1.165) is 12.8 Å². The Morgan fingerprint density at radius 3 is 2.79 bits per heavy atom. The van der Waals surface area contributed by atoms with Crippen molar-refractivity contribution in [2.24, 2.45) is 5.92 Å². The minimum Gasteiger partial charge on any atom is -0.390 e. The second kappa shape index (κ2) is 9.12. The normalized spacial score (nSPS) is 26.8. The van der Waals surface area contributed by atoms with Gasteiger partial charge in [0.2, 0.25) is 5.28 Å². The predicted octanol–water partition coefficient (Wildman–Crippen LogP) is 1.41. The summed E-state index contributed by atoms with van der Waals surface area (Å²) in [4.78, 5) is 26.5. The van der Waals surface area contributed by atoms with Crippen molar-refractivity contribution < 1.29 is 29.3 Å². The number of anilines is 1. The zero-order chi connectivity index (χ0) is 24.0. The fraction of sp³-hybridized carbons (Fsp3) is 0.500. The number of hydrogen-bond acceptors (Lipinski definition) is 9. The molecule has 182 valence electrons. The SMILES string of the molecule is O=P(O)(O)COC[C@H]1C[C@@H](n2nnc3c(N[C@@H]4CCc5ccccc54)nc(Cl)nc32)[C@H](O)[C@@H]1O. The fourth-order valence-electron chi connectivity index (χ4n) is 4.83. The van der Waals surface area contributed by atoms with Gasteiger partial charge >= 0.3 is 7.60 Å². The highest BCUT2D eigenvalue weighted by Gasteiger charge is 2.44. The second-order valence-electron chi connectivity index (χ2n) is 8.69. The first-order valence-corrected chi connectivity index (χ1v) is 13.0. The molecule has 5 N–H and O–H groups in total. The number of aliphatic hydroxyl groups is 2. The number of fused-ring (bicyclic) bond motifs is 2. The lowest BCUT2D eigenvalue weighted by Gasteiger charge is -2.17. The summed E-state index contributed by atoms with van der Waals surface area (Å²) in [5.74, 6) is -0.131. The van der Waals surface area contributed by atoms with Crippen molar-refractivity contribution in [1.82, 2.24) is 25.0 Å². The van der Waals surface area contributed by atoms with Crippen LogP contribution >= 0.6 is 19.2 Å². The molecule has 1 saturated carbocycles. The molecule has 2 aliphatic rings. The second-order valence-corrected chi connectivity index (χ2v) is 10.6. The maximum Gasteiger partial charge on any atom is 0.350 e. The van der Waals surface area contributed by atoms with E-state index in [1.54, 1.807) is 0 Å². The number of rotatable bonds is 7. The van der Waals surface area contributed by atoms with Crippen LogP contribution < -0.4 is 5.32 Å². The molecule has 0 radical (unpaired) electrons. The lowest BCUT2D eigenvalue weighted by molar-refractivity contribution is -0.0128. The van der Waals surface area contributed by atoms with Crippen LogP contribution in [0, 0.1) is 5.92 Å². The van der Waals surface area contributed by atoms with Gasteiger partial charge in [-0.1, -0.05) is 29.5 Å². The lowest BCUT2D eigenvalue weighted by Crippen LogP contribution is -2.31. The summed E-state index contributed by atoms with van der Waals surface area (Å²) in [6.45, 7) is -0.129. The van der Waals surface area contributed by atoms with Gasteiger partial charge in [-0.05, 0) is 42.0 Å². The number of benzene rings is 1. The molecular weight excluding hydrogens is 487 g/mol. The molecule has 12 nitrogen and oxygen atoms in total. The third kappa shape index (κ3) is 4.55. The smallest absolute Gasteiger partial charge is 0.350 e. The fourth-order valence-corrected chi connectivity index (χ4v) is 5.34. The Hall–Kier alpha value is -2.18. The van der Waals surface area contributed by atoms with Gasteiger partial charge in [0.25, 0.3) is 0 Å². The molecule has 14 heteroatoms. The highest BCUT2D eigenvalue weighted by atomic mass is 35.5. The molecule has 3 aromatic rings. The zero-order valence-electron chi connectivity index (χ0n) is 17.9. The van der Waals surface area contributed by atoms with Gasteiger partial charge < -0.3 is 30.1 Å². The van der Waals surface area contributed by atoms with Crippen LogP contribution in [-0.4, -0.2) is 70.1 Å². The van der Waals surface area contributed by atoms with Gasteiger partial charge in [-0.15, -0.1) is 5.10 Å². The van der Waals surface area contributed by atoms with Crippen molar-refractivity contribution in [3.63, 3.8) is 0 Å². The molecule has 1 fully saturated rings. The highest BCUT2D eigenvalue weighted by Crippen LogP contribution is 2.40. The number of aliphatic hydroxyl groups excluding tert-OH is 2. The molecule has 0 bridgehead atoms. The van der Waals surface area contributed by atoms with E-state index in [9.17, 15) is 14.8 Å². The van der Waals surface area contributed by atoms with Crippen LogP contribution in [0.3, 0.4) is 0 Å². The molecule has 2 heterocycles. The average molecular weight is 511 g/mol. The van der Waals surface area contributed by atoms with Crippen LogP contribution in [0.2, 0.25) is 5.28 Å². The summed E-state index contributed by atoms with van der Waals surface area (Å²) in [5.41, 5.74) is 3.15. The van der Waals surface area contributed by atoms with E-state index in [4.69, 9.17) is 26.1 Å². The summed E-state index contributed by atoms with van der Waals surface area (Å²) < 4.78 is 17.5. The molecule has 5 rings (SSSR count). The number of hydrogen-bond donors (Lipinski definition) is 5. The number of ether oxygens (including phenoxy) is 1. The van der Waals surface area contributed by atoms with Crippen molar-refractivity contribution in [1.29, 1.82) is 0 Å². The Kier molecular flexibility index (Phi) is 6.32. The quantitative estimate of drug-likeness (QED) is 0.229. The van der Waals surface area contributed by atoms with Gasteiger partial charge in [-0.2, -0.15) is 9.97 Å². The number of nitrogens with one attached hydrogen (secondary N) is 1. The van der Waals surface area contributed by atoms with Crippen LogP contribution in [0.4, 0.5) is 5.82 Å². The van der Waals surface area contributed by atoms with Crippen LogP contribution in [0.15, 0.2) is 24.3 Å². The molecule has 5 atom stereocenters. The highest BCUT2D eigenvalue weighted by molar-refractivity contribution is 7.51. The van der Waals surface area contributed by atoms with Crippen molar-refractivity contribution in [2.75, 3.05) is 18.3 Å². The van der Waals surface area contributed by atoms with Crippen LogP contribution in [0.1, 0.15) is 36.1 Å². The van der Waals surface area contributed by atoms with E-state index in [1.165, 1.54) is 15.8 Å². The predicted molar refractivity (Wildman–Crippen MR) is 121 cm³/mol. The third-order valence-electron chi connectivity index (χ3n) is 6.42. The minimum atomic E-state index is -4.33. The standard InChI is InChI=1S/C20H24ClN6O6P/c21-20-23-18(22-13-6-5-10-3-1-2-4-12(10)13)15-19(24-20)27(26-25-15)14-7-11(16(28)17(14)29)8-33-9-34(30,31)32/h1-4,11,13-14,16-17,28-29H,5-9H2,(H,22,23,24)(H2,30,31,32)/t11-,13-,14-,16-,17+/m1/s1. The molecule has 0 unspecified atom stereocenters. The molecule has 2 aromatic heterocycles. The molecule has 0 amide bonds. The first kappa shape index (κ1) is 23.6. The first-order chi connectivity index (χ1) is 16.2. The monoisotopic (exact) mass is 510 g/mol. The van der Waals surface area contributed by atoms with Gasteiger partial charge in [0, 0.05) is 5.92 Å². The lowest BCUT2D eigenvalue weighted by atomic mass is 10.1. The molecule has 34 heavy (non-hydrogen) atoms. The van der Waals surface area contributed by atoms with Crippen molar-refractivity contribution in [3.8, 4) is 0 Å². The summed E-state index contributed by atoms with van der Waals surface area (Å²) in [5, 5.41) is 32.9. The van der Waals surface area contributed by atoms with Crippen molar-refractivity contribution >= 4 is 36.2 Å². The van der Waals surface area contributed by atoms with Crippen LogP contribution in [0.25, 0.3) is 11.2 Å². The molecule has 0 spiro atoms. The number of halogens is 1. The Labute approximate surface area is 199 Å². The maximum absolute atomic E-state index is 11.0. The molecule has 2 aliphatic carbocycles. The summed E-state index contributed by atoms with van der Waals surface area (Å²) in [6.07, 6.45) is -1.07. The van der Waals surface area contributed by atoms with E-state index in [0.29, 0.717) is 17.0 Å². The Balaban J connectivity index is 1.39. The van der Waals surface area contributed by atoms with E-state index in [-0.39, 0.29) is 24.4 Å². The van der Waals surface area contributed by atoms with Crippen LogP contribution in [0.5, 0.6) is 0 Å². The third-order valence-corrected chi connectivity index (χ3v) is 7.11. The van der Waals surface area contributed by atoms with E-state index in [2.05, 4.69) is 37.7 Å². The molecular formula is C20H24ClN6O6P. The Morgan fingerprint density at radius 1 is 1.21 bits per heavy atom. The number of aromatic nitrogens is 5. The summed E-state index contributed by atoms with van der Waals surface area (Å²) in [6, 6.07) is 7.52. The van der Waals surface area contributed by atoms with Crippen molar-refractivity contribution in [3.05, 3.63) is 40.7 Å². The molecule has 0 saturated heterocycles. The minimum absolute atomic E-state index is 0.0144. The van der Waals surface area contributed by atoms with E-state index >= 15 is 0 Å². The number of nitrogens with zero attached hydrogens (tertiary/aromatic N) is 5. The molecule has 0 aliphatic heterocycles. The average Bonchev–Trinajstić information content (AvgIpc) is 3.45. The number of aryl methyl sites for hydroxylation is 1. The summed E-state index contributed by atoms with van der Waals surface area (Å²) >= 11 is 6.21. The largest absolute Gasteiger partial charge is 0.390 e. The van der Waals surface area contributed by atoms with Crippen molar-refractivity contribution in [2.45, 2.75) is 43.6 Å². The van der Waals surface area contributed by atoms with Gasteiger partial charge in [-0.3, -0.25) is 4.57 Å². The zero-order valence-corrected chi connectivity index (χ0v) is 19.5. The van der Waals surface area contributed by atoms with Crippen LogP contribution in [-0.2, 0) is 15.7 Å². The Bertz CT molecular complexity index is 1250. The van der Waals surface area contributed by atoms with E-state index in [1.807, 2.05) is 12.1 Å². The summed E-state index contributed by atoms with van der Waals surface area (Å²) in [7, 11) is -4.33. The van der Waals surface area contributed by atoms with E-state index < -0.39 is 38.1 Å². The van der Waals surface area contributed by atoms with Gasteiger partial charge in [0.1, 0.15) is 12.5 Å². The first-order valence-electron chi connectivity index (χ1n) is 10.8. The maximum atomic E-state index is 11.0. The van der Waals surface area contributed by atoms with Gasteiger partial charge in [0.15, 0.2) is 17.0 Å².